The minimum atomic E-state index is -0.151. The molecule has 0 aliphatic carbocycles. The molecule has 2 fully saturated rings. The van der Waals surface area contributed by atoms with Crippen LogP contribution in [0, 0.1) is 0 Å². The first-order chi connectivity index (χ1) is 8.72. The maximum Gasteiger partial charge on any atom is 0.234 e. The molecule has 0 aromatic heterocycles. The zero-order chi connectivity index (χ0) is 13.0. The van der Waals surface area contributed by atoms with E-state index in [1.807, 2.05) is 0 Å². The number of carbonyl (C=O) groups is 1. The molecule has 0 radical (unpaired) electrons. The topological polar surface area (TPSA) is 58.8 Å². The van der Waals surface area contributed by atoms with Crippen LogP contribution in [-0.4, -0.2) is 67.7 Å². The molecule has 1 unspecified atom stereocenters. The number of methoxy groups -OCH3 is 1. The van der Waals surface area contributed by atoms with Crippen LogP contribution < -0.4 is 5.73 Å². The summed E-state index contributed by atoms with van der Waals surface area (Å²) < 4.78 is 5.14. The van der Waals surface area contributed by atoms with Crippen molar-refractivity contribution in [3.8, 4) is 0 Å². The van der Waals surface area contributed by atoms with Crippen molar-refractivity contribution in [2.75, 3.05) is 39.9 Å². The minimum Gasteiger partial charge on any atom is -0.383 e. The van der Waals surface area contributed by atoms with Gasteiger partial charge in [-0.3, -0.25) is 14.6 Å². The molecule has 0 aromatic rings. The van der Waals surface area contributed by atoms with E-state index in [1.54, 1.807) is 7.11 Å². The zero-order valence-corrected chi connectivity index (χ0v) is 11.3. The third kappa shape index (κ3) is 3.22. The Bertz CT molecular complexity index is 285. The third-order valence-electron chi connectivity index (χ3n) is 4.18. The van der Waals surface area contributed by atoms with Crippen molar-refractivity contribution in [3.63, 3.8) is 0 Å². The normalized spacial score (nSPS) is 30.7. The lowest BCUT2D eigenvalue weighted by Crippen LogP contribution is -2.53. The van der Waals surface area contributed by atoms with Crippen LogP contribution in [0.4, 0.5) is 0 Å². The maximum atomic E-state index is 11.5. The second kappa shape index (κ2) is 6.50. The number of rotatable bonds is 5. The Morgan fingerprint density at radius 1 is 1.33 bits per heavy atom. The van der Waals surface area contributed by atoms with E-state index in [9.17, 15) is 4.79 Å². The first-order valence-electron chi connectivity index (χ1n) is 6.98. The van der Waals surface area contributed by atoms with Crippen molar-refractivity contribution in [3.05, 3.63) is 0 Å². The smallest absolute Gasteiger partial charge is 0.234 e. The molecular weight excluding hydrogens is 230 g/mol. The number of carbonyl (C=O) groups excluding carboxylic acids is 1. The van der Waals surface area contributed by atoms with Gasteiger partial charge in [0.2, 0.25) is 5.91 Å². The number of ether oxygens (including phenoxy) is 1. The van der Waals surface area contributed by atoms with Crippen LogP contribution in [0.2, 0.25) is 0 Å². The zero-order valence-electron chi connectivity index (χ0n) is 11.3. The molecule has 2 heterocycles. The van der Waals surface area contributed by atoms with E-state index >= 15 is 0 Å². The summed E-state index contributed by atoms with van der Waals surface area (Å²) in [6.45, 7) is 4.99. The summed E-state index contributed by atoms with van der Waals surface area (Å²) in [5, 5.41) is 0. The Labute approximate surface area is 109 Å². The lowest BCUT2D eigenvalue weighted by atomic mass is 10.0. The minimum absolute atomic E-state index is 0.0302. The first-order valence-corrected chi connectivity index (χ1v) is 6.98. The van der Waals surface area contributed by atoms with Gasteiger partial charge in [0.15, 0.2) is 0 Å². The van der Waals surface area contributed by atoms with Crippen molar-refractivity contribution in [2.45, 2.75) is 37.8 Å². The van der Waals surface area contributed by atoms with Gasteiger partial charge in [0.05, 0.1) is 12.6 Å². The number of nitrogens with zero attached hydrogens (tertiary/aromatic N) is 2. The molecule has 2 aliphatic heterocycles. The van der Waals surface area contributed by atoms with Crippen LogP contribution in [0.5, 0.6) is 0 Å². The van der Waals surface area contributed by atoms with E-state index in [0.717, 1.165) is 45.6 Å². The third-order valence-corrected chi connectivity index (χ3v) is 4.18. The molecule has 0 bridgehead atoms. The van der Waals surface area contributed by atoms with E-state index in [-0.39, 0.29) is 11.9 Å². The van der Waals surface area contributed by atoms with Gasteiger partial charge in [0.1, 0.15) is 0 Å². The molecule has 2 N–H and O–H groups in total. The van der Waals surface area contributed by atoms with Crippen LogP contribution in [0.25, 0.3) is 0 Å². The van der Waals surface area contributed by atoms with Gasteiger partial charge in [-0.25, -0.2) is 0 Å². The monoisotopic (exact) mass is 255 g/mol. The van der Waals surface area contributed by atoms with Crippen molar-refractivity contribution in [1.29, 1.82) is 0 Å². The Kier molecular flexibility index (Phi) is 4.97. The Morgan fingerprint density at radius 2 is 2.11 bits per heavy atom. The standard InChI is InChI=1S/C13H25N3O2/c1-18-9-8-15-6-2-4-11(10-15)16-7-3-5-12(16)13(14)17/h11-12H,2-10H2,1H3,(H2,14,17)/t11-,12?/m1/s1. The molecule has 2 aliphatic rings. The number of hydrogen-bond donors (Lipinski definition) is 1. The summed E-state index contributed by atoms with van der Waals surface area (Å²) in [5.74, 6) is -0.151. The van der Waals surface area contributed by atoms with Crippen LogP contribution in [0.1, 0.15) is 25.7 Å². The number of piperidine rings is 1. The summed E-state index contributed by atoms with van der Waals surface area (Å²) in [7, 11) is 1.74. The average Bonchev–Trinajstić information content (AvgIpc) is 2.86. The van der Waals surface area contributed by atoms with Gasteiger partial charge in [-0.05, 0) is 38.8 Å². The fraction of sp³-hybridized carbons (Fsp3) is 0.923. The van der Waals surface area contributed by atoms with Gasteiger partial charge in [-0.15, -0.1) is 0 Å². The van der Waals surface area contributed by atoms with E-state index < -0.39 is 0 Å². The predicted molar refractivity (Wildman–Crippen MR) is 70.3 cm³/mol. The number of nitrogens with two attached hydrogens (primary N) is 1. The van der Waals surface area contributed by atoms with E-state index in [1.165, 1.54) is 12.8 Å². The predicted octanol–water partition coefficient (Wildman–Crippen LogP) is 0.0469. The lowest BCUT2D eigenvalue weighted by Gasteiger charge is -2.39. The Balaban J connectivity index is 1.89. The molecule has 5 heteroatoms. The summed E-state index contributed by atoms with van der Waals surface area (Å²) >= 11 is 0. The van der Waals surface area contributed by atoms with Gasteiger partial charge in [-0.1, -0.05) is 0 Å². The summed E-state index contributed by atoms with van der Waals surface area (Å²) in [4.78, 5) is 16.2. The molecule has 104 valence electrons. The Morgan fingerprint density at radius 3 is 2.83 bits per heavy atom. The SMILES string of the molecule is COCCN1CCC[C@@H](N2CCCC2C(N)=O)C1. The van der Waals surface area contributed by atoms with Crippen LogP contribution in [0.15, 0.2) is 0 Å². The summed E-state index contributed by atoms with van der Waals surface area (Å²) in [6, 6.07) is 0.466. The average molecular weight is 255 g/mol. The number of likely N-dealkylation sites (tertiary alicyclic amines) is 2. The Hall–Kier alpha value is -0.650. The summed E-state index contributed by atoms with van der Waals surface area (Å²) in [5.41, 5.74) is 5.50. The van der Waals surface area contributed by atoms with E-state index in [0.29, 0.717) is 6.04 Å². The number of amides is 1. The maximum absolute atomic E-state index is 11.5. The van der Waals surface area contributed by atoms with E-state index in [4.69, 9.17) is 10.5 Å². The fourth-order valence-corrected chi connectivity index (χ4v) is 3.26. The highest BCUT2D eigenvalue weighted by molar-refractivity contribution is 5.80. The van der Waals surface area contributed by atoms with E-state index in [2.05, 4.69) is 9.80 Å². The molecule has 0 spiro atoms. The fourth-order valence-electron chi connectivity index (χ4n) is 3.26. The lowest BCUT2D eigenvalue weighted by molar-refractivity contribution is -0.123. The highest BCUT2D eigenvalue weighted by atomic mass is 16.5. The molecule has 1 amide bonds. The molecular formula is C13H25N3O2. The molecule has 0 saturated carbocycles. The highest BCUT2D eigenvalue weighted by Crippen LogP contribution is 2.25. The van der Waals surface area contributed by atoms with Crippen molar-refractivity contribution < 1.29 is 9.53 Å². The van der Waals surface area contributed by atoms with Gasteiger partial charge < -0.3 is 10.5 Å². The van der Waals surface area contributed by atoms with Crippen molar-refractivity contribution in [2.24, 2.45) is 5.73 Å². The van der Waals surface area contributed by atoms with Crippen LogP contribution in [-0.2, 0) is 9.53 Å². The van der Waals surface area contributed by atoms with Crippen molar-refractivity contribution in [1.82, 2.24) is 9.80 Å². The molecule has 2 rings (SSSR count). The van der Waals surface area contributed by atoms with Crippen LogP contribution >= 0.6 is 0 Å². The molecule has 2 atom stereocenters. The first kappa shape index (κ1) is 13.8. The number of hydrogen-bond acceptors (Lipinski definition) is 4. The molecule has 5 nitrogen and oxygen atoms in total. The molecule has 0 aromatic carbocycles. The summed E-state index contributed by atoms with van der Waals surface area (Å²) in [6.07, 6.45) is 4.43. The van der Waals surface area contributed by atoms with Gasteiger partial charge in [0.25, 0.3) is 0 Å². The highest BCUT2D eigenvalue weighted by Gasteiger charge is 2.35. The van der Waals surface area contributed by atoms with Crippen molar-refractivity contribution >= 4 is 5.91 Å². The van der Waals surface area contributed by atoms with Crippen LogP contribution in [0.3, 0.4) is 0 Å². The second-order valence-electron chi connectivity index (χ2n) is 5.39. The number of primary amides is 1. The van der Waals surface area contributed by atoms with Gasteiger partial charge in [-0.2, -0.15) is 0 Å². The largest absolute Gasteiger partial charge is 0.383 e. The van der Waals surface area contributed by atoms with Gasteiger partial charge in [0, 0.05) is 26.2 Å². The van der Waals surface area contributed by atoms with Gasteiger partial charge >= 0.3 is 0 Å². The molecule has 18 heavy (non-hydrogen) atoms. The molecule has 2 saturated heterocycles. The second-order valence-corrected chi connectivity index (χ2v) is 5.39. The quantitative estimate of drug-likeness (QED) is 0.754.